The maximum atomic E-state index is 9.96. The van der Waals surface area contributed by atoms with Crippen molar-refractivity contribution in [1.29, 1.82) is 0 Å². The Bertz CT molecular complexity index is 541. The molecule has 0 heterocycles. The van der Waals surface area contributed by atoms with Crippen molar-refractivity contribution in [2.45, 2.75) is 157 Å². The van der Waals surface area contributed by atoms with E-state index in [1.54, 1.807) is 0 Å². The predicted octanol–water partition coefficient (Wildman–Crippen LogP) is 2.30. The van der Waals surface area contributed by atoms with Gasteiger partial charge in [0, 0.05) is 0 Å². The van der Waals surface area contributed by atoms with Crippen molar-refractivity contribution < 1.29 is 45.0 Å². The van der Waals surface area contributed by atoms with E-state index in [0.29, 0.717) is 0 Å². The number of aliphatic carboxylic acids is 3. The molecule has 0 atom stereocenters. The first-order chi connectivity index (χ1) is 21.2. The van der Waals surface area contributed by atoms with Gasteiger partial charge >= 0.3 is 34.7 Å². The topological polar surface area (TPSA) is 190 Å². The summed E-state index contributed by atoms with van der Waals surface area (Å²) < 4.78 is 0. The van der Waals surface area contributed by atoms with Gasteiger partial charge in [-0.15, -0.1) is 19.8 Å². The fraction of sp³-hybridized carbons (Fsp3) is 0.750. The van der Waals surface area contributed by atoms with Crippen LogP contribution >= 0.6 is 0 Å². The predicted molar refractivity (Wildman–Crippen MR) is 186 cm³/mol. The zero-order valence-electron chi connectivity index (χ0n) is 30.8. The Balaban J connectivity index is -0.0000000648. The Morgan fingerprint density at radius 1 is 0.383 bits per heavy atom. The summed E-state index contributed by atoms with van der Waals surface area (Å²) in [4.78, 5) is 28.5. The van der Waals surface area contributed by atoms with Crippen LogP contribution in [0.1, 0.15) is 157 Å². The van der Waals surface area contributed by atoms with Crippen LogP contribution < -0.4 is 30.6 Å². The molecule has 0 unspecified atom stereocenters. The van der Waals surface area contributed by atoms with Crippen molar-refractivity contribution in [1.82, 2.24) is 0 Å². The van der Waals surface area contributed by atoms with Crippen LogP contribution in [-0.4, -0.2) is 72.5 Å². The van der Waals surface area contributed by atoms with E-state index in [4.69, 9.17) is 0 Å². The van der Waals surface area contributed by atoms with Crippen LogP contribution in [0.15, 0.2) is 36.5 Å². The molecule has 0 aromatic carbocycles. The zero-order chi connectivity index (χ0) is 36.3. The standard InChI is InChI=1S/3C8H17O.3C4H6O2.2Al/c3*1-2-3-4-5-6-7-8-9;3*1-3(2)4(5)6;;/h3*2-8H2,1H3;3*1H2,2H3,(H,5,6);;/q3*-1;;;;2*+3/p-3. The molecule has 0 N–H and O–H groups in total. The number of carboxylic acid groups (broad SMARTS) is 3. The third-order valence-electron chi connectivity index (χ3n) is 5.54. The van der Waals surface area contributed by atoms with Gasteiger partial charge in [0.05, 0.1) is 17.9 Å². The van der Waals surface area contributed by atoms with Crippen LogP contribution in [0.25, 0.3) is 0 Å². The van der Waals surface area contributed by atoms with Crippen molar-refractivity contribution in [3.8, 4) is 0 Å². The summed E-state index contributed by atoms with van der Waals surface area (Å²) in [6.07, 6.45) is 21.7. The SMILES string of the molecule is C=C(C)C(=O)[O-].C=C(C)C(=O)[O-].C=C(C)C(=O)[O-].CCCCCCCC[O-].CCCCCCCC[O-].CCCCCCCC[O-].[Al+3].[Al+3]. The molecule has 11 heteroatoms. The molecule has 0 aromatic heterocycles. The molecule has 0 amide bonds. The molecule has 9 nitrogen and oxygen atoms in total. The molecule has 0 fully saturated rings. The second kappa shape index (κ2) is 59.9. The Morgan fingerprint density at radius 2 is 0.511 bits per heavy atom. The average molecular weight is 697 g/mol. The Hall–Kier alpha value is -1.43. The zero-order valence-corrected chi connectivity index (χ0v) is 33.1. The van der Waals surface area contributed by atoms with E-state index in [2.05, 4.69) is 40.5 Å². The second-order valence-corrected chi connectivity index (χ2v) is 10.6. The molecule has 0 spiro atoms. The van der Waals surface area contributed by atoms with Gasteiger partial charge in [-0.25, -0.2) is 0 Å². The minimum absolute atomic E-state index is 0. The smallest absolute Gasteiger partial charge is 0.854 e. The summed E-state index contributed by atoms with van der Waals surface area (Å²) in [5.41, 5.74) is 0.194. The van der Waals surface area contributed by atoms with Crippen molar-refractivity contribution >= 4 is 52.6 Å². The van der Waals surface area contributed by atoms with Gasteiger partial charge in [-0.05, 0) is 37.5 Å². The van der Waals surface area contributed by atoms with Gasteiger partial charge < -0.3 is 45.0 Å². The van der Waals surface area contributed by atoms with Crippen LogP contribution in [0.4, 0.5) is 0 Å². The van der Waals surface area contributed by atoms with Crippen molar-refractivity contribution in [2.75, 3.05) is 19.8 Å². The maximum absolute atomic E-state index is 9.96. The molecule has 47 heavy (non-hydrogen) atoms. The fourth-order valence-electron chi connectivity index (χ4n) is 2.65. The first kappa shape index (κ1) is 64.1. The van der Waals surface area contributed by atoms with Crippen LogP contribution in [0.3, 0.4) is 0 Å². The van der Waals surface area contributed by atoms with Gasteiger partial charge in [0.15, 0.2) is 0 Å². The summed E-state index contributed by atoms with van der Waals surface area (Å²) in [6, 6.07) is 0. The van der Waals surface area contributed by atoms with E-state index in [9.17, 15) is 45.0 Å². The average Bonchev–Trinajstić information content (AvgIpc) is 2.98. The molecule has 0 aliphatic heterocycles. The number of hydrogen-bond donors (Lipinski definition) is 0. The monoisotopic (exact) mass is 696 g/mol. The van der Waals surface area contributed by atoms with Crippen LogP contribution in [0.5, 0.6) is 0 Å². The van der Waals surface area contributed by atoms with E-state index >= 15 is 0 Å². The summed E-state index contributed by atoms with van der Waals surface area (Å²) in [5, 5.41) is 58.4. The van der Waals surface area contributed by atoms with Crippen molar-refractivity contribution in [3.63, 3.8) is 0 Å². The second-order valence-electron chi connectivity index (χ2n) is 10.6. The molecule has 270 valence electrons. The number of carbonyl (C=O) groups excluding carboxylic acids is 3. The summed E-state index contributed by atoms with van der Waals surface area (Å²) in [7, 11) is 0. The minimum Gasteiger partial charge on any atom is -0.854 e. The largest absolute Gasteiger partial charge is 3.00 e. The summed E-state index contributed by atoms with van der Waals surface area (Å²) >= 11 is 0. The number of rotatable bonds is 21. The quantitative estimate of drug-likeness (QED) is 0.0985. The normalized spacial score (nSPS) is 8.62. The van der Waals surface area contributed by atoms with Crippen LogP contribution in [0.2, 0.25) is 0 Å². The van der Waals surface area contributed by atoms with E-state index in [1.807, 2.05) is 0 Å². The molecule has 0 aromatic rings. The van der Waals surface area contributed by atoms with Crippen molar-refractivity contribution in [2.24, 2.45) is 0 Å². The molecule has 0 aliphatic rings. The van der Waals surface area contributed by atoms with E-state index < -0.39 is 17.9 Å². The third-order valence-corrected chi connectivity index (χ3v) is 5.54. The van der Waals surface area contributed by atoms with Crippen molar-refractivity contribution in [3.05, 3.63) is 36.5 Å². The van der Waals surface area contributed by atoms with Gasteiger partial charge in [-0.3, -0.25) is 0 Å². The molecule has 0 bridgehead atoms. The summed E-state index contributed by atoms with van der Waals surface area (Å²) in [5.74, 6) is -3.56. The van der Waals surface area contributed by atoms with Gasteiger partial charge in [0.25, 0.3) is 0 Å². The van der Waals surface area contributed by atoms with Gasteiger partial charge in [-0.2, -0.15) is 0 Å². The van der Waals surface area contributed by atoms with Gasteiger partial charge in [-0.1, -0.05) is 156 Å². The fourth-order valence-corrected chi connectivity index (χ4v) is 2.65. The number of carbonyl (C=O) groups is 3. The Morgan fingerprint density at radius 3 is 0.617 bits per heavy atom. The third kappa shape index (κ3) is 99.0. The maximum Gasteiger partial charge on any atom is 3.00 e. The number of hydrogen-bond acceptors (Lipinski definition) is 9. The first-order valence-corrected chi connectivity index (χ1v) is 16.5. The first-order valence-electron chi connectivity index (χ1n) is 16.5. The molecule has 0 radical (unpaired) electrons. The molecule has 0 saturated carbocycles. The van der Waals surface area contributed by atoms with Gasteiger partial charge in [0.1, 0.15) is 0 Å². The number of unbranched alkanes of at least 4 members (excludes halogenated alkanes) is 15. The van der Waals surface area contributed by atoms with E-state index in [1.165, 1.54) is 97.8 Å². The summed E-state index contributed by atoms with van der Waals surface area (Å²) in [6.45, 7) is 20.4. The molecular formula is C36H66Al2O9. The molecule has 0 saturated heterocycles. The van der Waals surface area contributed by atoms with Crippen LogP contribution in [-0.2, 0) is 14.4 Å². The Labute approximate surface area is 309 Å². The van der Waals surface area contributed by atoms with E-state index in [0.717, 1.165) is 38.5 Å². The molecular weight excluding hydrogens is 630 g/mol. The van der Waals surface area contributed by atoms with Gasteiger partial charge in [0.2, 0.25) is 0 Å². The minimum atomic E-state index is -1.19. The molecule has 0 rings (SSSR count). The van der Waals surface area contributed by atoms with Crippen LogP contribution in [0, 0.1) is 0 Å². The molecule has 0 aliphatic carbocycles. The van der Waals surface area contributed by atoms with E-state index in [-0.39, 0.29) is 71.3 Å². The number of carboxylic acids is 3. The Kier molecular flexibility index (Phi) is 81.8.